The lowest BCUT2D eigenvalue weighted by molar-refractivity contribution is 0.593. The summed E-state index contributed by atoms with van der Waals surface area (Å²) in [5.74, 6) is -0.226. The van der Waals surface area contributed by atoms with Gasteiger partial charge in [-0.3, -0.25) is 0 Å². The number of nitrogens with two attached hydrogens (primary N) is 1. The van der Waals surface area contributed by atoms with Crippen LogP contribution in [0.25, 0.3) is 0 Å². The van der Waals surface area contributed by atoms with Crippen LogP contribution < -0.4 is 5.73 Å². The van der Waals surface area contributed by atoms with Crippen LogP contribution in [-0.2, 0) is 6.42 Å². The van der Waals surface area contributed by atoms with Crippen LogP contribution in [0.3, 0.4) is 0 Å². The summed E-state index contributed by atoms with van der Waals surface area (Å²) < 4.78 is 14.3. The summed E-state index contributed by atoms with van der Waals surface area (Å²) in [4.78, 5) is 0. The van der Waals surface area contributed by atoms with Gasteiger partial charge < -0.3 is 5.73 Å². The van der Waals surface area contributed by atoms with Gasteiger partial charge in [0.2, 0.25) is 0 Å². The molecule has 0 aromatic heterocycles. The molecule has 94 valence electrons. The summed E-state index contributed by atoms with van der Waals surface area (Å²) in [6, 6.07) is 11.9. The number of hydrogen-bond donors (Lipinski definition) is 1. The third-order valence-corrected chi connectivity index (χ3v) is 4.00. The van der Waals surface area contributed by atoms with E-state index in [1.807, 2.05) is 12.1 Å². The highest BCUT2D eigenvalue weighted by Crippen LogP contribution is 2.26. The summed E-state index contributed by atoms with van der Waals surface area (Å²) in [7, 11) is 0. The van der Waals surface area contributed by atoms with Gasteiger partial charge >= 0.3 is 0 Å². The molecule has 2 aromatic rings. The molecule has 1 atom stereocenters. The van der Waals surface area contributed by atoms with Crippen molar-refractivity contribution < 1.29 is 4.39 Å². The smallest absolute Gasteiger partial charge is 0.126 e. The number of rotatable bonds is 3. The topological polar surface area (TPSA) is 26.0 Å². The summed E-state index contributed by atoms with van der Waals surface area (Å²) in [6.07, 6.45) is 0.449. The Kier molecular flexibility index (Phi) is 4.38. The van der Waals surface area contributed by atoms with Crippen LogP contribution in [0.4, 0.5) is 4.39 Å². The standard InChI is InChI=1S/C14H12BrClFN/c15-11-6-5-10(7-12(11)16)14(18)8-9-3-1-2-4-13(9)17/h1-7,14H,8,18H2. The van der Waals surface area contributed by atoms with Gasteiger partial charge in [-0.2, -0.15) is 0 Å². The number of halogens is 3. The molecule has 0 radical (unpaired) electrons. The molecule has 18 heavy (non-hydrogen) atoms. The fourth-order valence-corrected chi connectivity index (χ4v) is 2.20. The molecule has 2 N–H and O–H groups in total. The maximum atomic E-state index is 13.5. The largest absolute Gasteiger partial charge is 0.324 e. The predicted octanol–water partition coefficient (Wildman–Crippen LogP) is 4.48. The average molecular weight is 329 g/mol. The second-order valence-corrected chi connectivity index (χ2v) is 5.34. The molecule has 0 saturated heterocycles. The van der Waals surface area contributed by atoms with Crippen molar-refractivity contribution >= 4 is 27.5 Å². The monoisotopic (exact) mass is 327 g/mol. The zero-order chi connectivity index (χ0) is 13.1. The minimum absolute atomic E-state index is 0.226. The van der Waals surface area contributed by atoms with Gasteiger partial charge in [0.05, 0.1) is 5.02 Å². The van der Waals surface area contributed by atoms with E-state index in [-0.39, 0.29) is 11.9 Å². The Balaban J connectivity index is 2.19. The van der Waals surface area contributed by atoms with E-state index in [0.29, 0.717) is 17.0 Å². The molecule has 4 heteroatoms. The lowest BCUT2D eigenvalue weighted by atomic mass is 9.99. The van der Waals surface area contributed by atoms with Gasteiger partial charge in [-0.25, -0.2) is 4.39 Å². The lowest BCUT2D eigenvalue weighted by Crippen LogP contribution is -2.14. The zero-order valence-corrected chi connectivity index (χ0v) is 11.9. The van der Waals surface area contributed by atoms with Gasteiger partial charge in [-0.15, -0.1) is 0 Å². The van der Waals surface area contributed by atoms with Gasteiger partial charge in [-0.05, 0) is 51.7 Å². The van der Waals surface area contributed by atoms with Gasteiger partial charge in [0, 0.05) is 10.5 Å². The van der Waals surface area contributed by atoms with Crippen molar-refractivity contribution in [2.75, 3.05) is 0 Å². The van der Waals surface area contributed by atoms with Crippen LogP contribution in [0.5, 0.6) is 0 Å². The van der Waals surface area contributed by atoms with E-state index < -0.39 is 0 Å². The normalized spacial score (nSPS) is 12.4. The summed E-state index contributed by atoms with van der Waals surface area (Å²) in [5.41, 5.74) is 7.58. The van der Waals surface area contributed by atoms with E-state index >= 15 is 0 Å². The van der Waals surface area contributed by atoms with Gasteiger partial charge in [0.1, 0.15) is 5.82 Å². The van der Waals surface area contributed by atoms with Crippen molar-refractivity contribution in [2.24, 2.45) is 5.73 Å². The molecule has 0 aliphatic carbocycles. The molecular weight excluding hydrogens is 317 g/mol. The maximum absolute atomic E-state index is 13.5. The highest BCUT2D eigenvalue weighted by Gasteiger charge is 2.11. The molecule has 1 nitrogen and oxygen atoms in total. The first-order valence-electron chi connectivity index (χ1n) is 5.52. The number of benzene rings is 2. The molecule has 0 saturated carbocycles. The summed E-state index contributed by atoms with van der Waals surface area (Å²) >= 11 is 9.34. The van der Waals surface area contributed by atoms with Crippen molar-refractivity contribution in [3.63, 3.8) is 0 Å². The SMILES string of the molecule is NC(Cc1ccccc1F)c1ccc(Br)c(Cl)c1. The third kappa shape index (κ3) is 3.10. The Labute approximate surface area is 119 Å². The van der Waals surface area contributed by atoms with Crippen LogP contribution in [0.1, 0.15) is 17.2 Å². The van der Waals surface area contributed by atoms with Crippen LogP contribution in [0, 0.1) is 5.82 Å². The Morgan fingerprint density at radius 3 is 2.61 bits per heavy atom. The highest BCUT2D eigenvalue weighted by atomic mass is 79.9. The fourth-order valence-electron chi connectivity index (χ4n) is 1.76. The molecule has 0 bridgehead atoms. The van der Waals surface area contributed by atoms with Crippen LogP contribution in [0.2, 0.25) is 5.02 Å². The van der Waals surface area contributed by atoms with Crippen molar-refractivity contribution in [3.8, 4) is 0 Å². The van der Waals surface area contributed by atoms with E-state index in [1.54, 1.807) is 24.3 Å². The molecule has 0 spiro atoms. The van der Waals surface area contributed by atoms with Gasteiger partial charge in [0.25, 0.3) is 0 Å². The Morgan fingerprint density at radius 1 is 1.22 bits per heavy atom. The van der Waals surface area contributed by atoms with E-state index in [9.17, 15) is 4.39 Å². The minimum atomic E-state index is -0.271. The van der Waals surface area contributed by atoms with Gasteiger partial charge in [0.15, 0.2) is 0 Å². The molecular formula is C14H12BrClFN. The minimum Gasteiger partial charge on any atom is -0.324 e. The van der Waals surface area contributed by atoms with E-state index in [2.05, 4.69) is 15.9 Å². The van der Waals surface area contributed by atoms with Crippen LogP contribution in [-0.4, -0.2) is 0 Å². The first-order chi connectivity index (χ1) is 8.58. The van der Waals surface area contributed by atoms with Gasteiger partial charge in [-0.1, -0.05) is 35.9 Å². The summed E-state index contributed by atoms with van der Waals surface area (Å²) in [5, 5.41) is 0.608. The quantitative estimate of drug-likeness (QED) is 0.883. The second kappa shape index (κ2) is 5.83. The van der Waals surface area contributed by atoms with Crippen molar-refractivity contribution in [3.05, 3.63) is 68.9 Å². The number of hydrogen-bond acceptors (Lipinski definition) is 1. The maximum Gasteiger partial charge on any atom is 0.126 e. The third-order valence-electron chi connectivity index (χ3n) is 2.77. The molecule has 0 aliphatic rings. The van der Waals surface area contributed by atoms with E-state index in [0.717, 1.165) is 10.0 Å². The predicted molar refractivity (Wildman–Crippen MR) is 76.2 cm³/mol. The average Bonchev–Trinajstić information content (AvgIpc) is 2.35. The fraction of sp³-hybridized carbons (Fsp3) is 0.143. The molecule has 0 aliphatic heterocycles. The van der Waals surface area contributed by atoms with E-state index in [1.165, 1.54) is 6.07 Å². The van der Waals surface area contributed by atoms with Crippen molar-refractivity contribution in [1.29, 1.82) is 0 Å². The molecule has 0 fully saturated rings. The Morgan fingerprint density at radius 2 is 1.94 bits per heavy atom. The molecule has 0 amide bonds. The molecule has 0 heterocycles. The second-order valence-electron chi connectivity index (χ2n) is 4.08. The highest BCUT2D eigenvalue weighted by molar-refractivity contribution is 9.10. The molecule has 2 aromatic carbocycles. The Hall–Kier alpha value is -0.900. The van der Waals surface area contributed by atoms with Crippen molar-refractivity contribution in [1.82, 2.24) is 0 Å². The zero-order valence-electron chi connectivity index (χ0n) is 9.54. The molecule has 1 unspecified atom stereocenters. The van der Waals surface area contributed by atoms with Crippen LogP contribution in [0.15, 0.2) is 46.9 Å². The summed E-state index contributed by atoms with van der Waals surface area (Å²) in [6.45, 7) is 0. The first-order valence-corrected chi connectivity index (χ1v) is 6.69. The lowest BCUT2D eigenvalue weighted by Gasteiger charge is -2.13. The van der Waals surface area contributed by atoms with E-state index in [4.69, 9.17) is 17.3 Å². The Bertz CT molecular complexity index is 559. The first kappa shape index (κ1) is 13.5. The van der Waals surface area contributed by atoms with Crippen molar-refractivity contribution in [2.45, 2.75) is 12.5 Å². The molecule has 2 rings (SSSR count). The van der Waals surface area contributed by atoms with Crippen LogP contribution >= 0.6 is 27.5 Å².